The summed E-state index contributed by atoms with van der Waals surface area (Å²) < 4.78 is 0. The van der Waals surface area contributed by atoms with Crippen molar-refractivity contribution >= 4 is 0 Å². The lowest BCUT2D eigenvalue weighted by Crippen LogP contribution is -2.11. The average Bonchev–Trinajstić information content (AvgIpc) is 2.06. The minimum Gasteiger partial charge on any atom is -0.0914 e. The Morgan fingerprint density at radius 2 is 1.42 bits per heavy atom. The Balaban J connectivity index is 2.40. The van der Waals surface area contributed by atoms with Crippen LogP contribution in [0.3, 0.4) is 0 Å². The largest absolute Gasteiger partial charge is 0.0914 e. The zero-order valence-electron chi connectivity index (χ0n) is 8.29. The minimum absolute atomic E-state index is 0.852. The summed E-state index contributed by atoms with van der Waals surface area (Å²) in [6.07, 6.45) is 14.7. The SMILES string of the molecule is CC=CC1CCCC(C=CC)C1. The summed E-state index contributed by atoms with van der Waals surface area (Å²) in [5.74, 6) is 1.70. The number of rotatable bonds is 2. The first-order chi connectivity index (χ1) is 5.86. The van der Waals surface area contributed by atoms with Crippen LogP contribution >= 0.6 is 0 Å². The molecule has 0 amide bonds. The van der Waals surface area contributed by atoms with E-state index in [1.54, 1.807) is 0 Å². The van der Waals surface area contributed by atoms with E-state index in [9.17, 15) is 0 Å². The van der Waals surface area contributed by atoms with Gasteiger partial charge in [-0.1, -0.05) is 30.7 Å². The summed E-state index contributed by atoms with van der Waals surface area (Å²) in [5.41, 5.74) is 0. The van der Waals surface area contributed by atoms with Gasteiger partial charge in [0.15, 0.2) is 0 Å². The lowest BCUT2D eigenvalue weighted by atomic mass is 9.81. The second-order valence-corrected chi connectivity index (χ2v) is 3.74. The van der Waals surface area contributed by atoms with Crippen molar-refractivity contribution in [2.45, 2.75) is 39.5 Å². The maximum absolute atomic E-state index is 2.37. The third-order valence-electron chi connectivity index (χ3n) is 2.68. The lowest BCUT2D eigenvalue weighted by Gasteiger charge is -2.24. The molecule has 2 unspecified atom stereocenters. The van der Waals surface area contributed by atoms with Crippen LogP contribution in [0.5, 0.6) is 0 Å². The third kappa shape index (κ3) is 2.84. The fourth-order valence-electron chi connectivity index (χ4n) is 2.16. The summed E-state index contributed by atoms with van der Waals surface area (Å²) in [7, 11) is 0. The Hall–Kier alpha value is -0.520. The maximum Gasteiger partial charge on any atom is -0.0228 e. The average molecular weight is 164 g/mol. The highest BCUT2D eigenvalue weighted by Gasteiger charge is 2.17. The molecule has 0 aliphatic heterocycles. The van der Waals surface area contributed by atoms with Crippen LogP contribution in [0.15, 0.2) is 24.3 Å². The molecule has 1 aliphatic rings. The first-order valence-electron chi connectivity index (χ1n) is 5.12. The van der Waals surface area contributed by atoms with Gasteiger partial charge in [-0.25, -0.2) is 0 Å². The molecule has 0 nitrogen and oxygen atoms in total. The molecule has 0 radical (unpaired) electrons. The van der Waals surface area contributed by atoms with Gasteiger partial charge in [0.1, 0.15) is 0 Å². The van der Waals surface area contributed by atoms with E-state index in [0.717, 1.165) is 11.8 Å². The Bertz CT molecular complexity index is 147. The molecule has 1 saturated carbocycles. The quantitative estimate of drug-likeness (QED) is 0.542. The van der Waals surface area contributed by atoms with Crippen LogP contribution in [-0.4, -0.2) is 0 Å². The predicted molar refractivity (Wildman–Crippen MR) is 55.1 cm³/mol. The molecule has 0 spiro atoms. The summed E-state index contributed by atoms with van der Waals surface area (Å²) >= 11 is 0. The standard InChI is InChI=1S/C12H20/c1-3-6-11-8-5-9-12(10-11)7-4-2/h3-4,6-7,11-12H,5,8-10H2,1-2H3. The molecule has 0 heterocycles. The van der Waals surface area contributed by atoms with Crippen molar-refractivity contribution in [3.63, 3.8) is 0 Å². The predicted octanol–water partition coefficient (Wildman–Crippen LogP) is 3.95. The summed E-state index contributed by atoms with van der Waals surface area (Å²) in [4.78, 5) is 0. The highest BCUT2D eigenvalue weighted by atomic mass is 14.2. The Labute approximate surface area is 76.4 Å². The van der Waals surface area contributed by atoms with E-state index in [1.807, 2.05) is 0 Å². The molecule has 12 heavy (non-hydrogen) atoms. The highest BCUT2D eigenvalue weighted by molar-refractivity contribution is 4.95. The van der Waals surface area contributed by atoms with Crippen LogP contribution in [0.2, 0.25) is 0 Å². The van der Waals surface area contributed by atoms with Gasteiger partial charge in [0.05, 0.1) is 0 Å². The number of hydrogen-bond donors (Lipinski definition) is 0. The Morgan fingerprint density at radius 3 is 1.83 bits per heavy atom. The van der Waals surface area contributed by atoms with Crippen molar-refractivity contribution in [2.75, 3.05) is 0 Å². The summed E-state index contributed by atoms with van der Waals surface area (Å²) in [6, 6.07) is 0. The molecule has 0 saturated heterocycles. The molecule has 68 valence electrons. The zero-order chi connectivity index (χ0) is 8.81. The van der Waals surface area contributed by atoms with Gasteiger partial charge in [0.2, 0.25) is 0 Å². The van der Waals surface area contributed by atoms with Crippen molar-refractivity contribution in [1.82, 2.24) is 0 Å². The molecule has 0 aromatic rings. The van der Waals surface area contributed by atoms with Gasteiger partial charge in [-0.2, -0.15) is 0 Å². The minimum atomic E-state index is 0.852. The first-order valence-corrected chi connectivity index (χ1v) is 5.12. The molecule has 0 N–H and O–H groups in total. The van der Waals surface area contributed by atoms with Crippen LogP contribution in [0.4, 0.5) is 0 Å². The second kappa shape index (κ2) is 5.18. The number of hydrogen-bond acceptors (Lipinski definition) is 0. The molecule has 0 bridgehead atoms. The van der Waals surface area contributed by atoms with Crippen LogP contribution in [0.1, 0.15) is 39.5 Å². The van der Waals surface area contributed by atoms with E-state index < -0.39 is 0 Å². The highest BCUT2D eigenvalue weighted by Crippen LogP contribution is 2.30. The van der Waals surface area contributed by atoms with Crippen LogP contribution in [0.25, 0.3) is 0 Å². The van der Waals surface area contributed by atoms with E-state index >= 15 is 0 Å². The van der Waals surface area contributed by atoms with Crippen molar-refractivity contribution < 1.29 is 0 Å². The third-order valence-corrected chi connectivity index (χ3v) is 2.68. The van der Waals surface area contributed by atoms with Gasteiger partial charge in [0, 0.05) is 0 Å². The zero-order valence-corrected chi connectivity index (χ0v) is 8.29. The topological polar surface area (TPSA) is 0 Å². The molecule has 0 aromatic carbocycles. The van der Waals surface area contributed by atoms with Crippen LogP contribution < -0.4 is 0 Å². The molecular formula is C12H20. The summed E-state index contributed by atoms with van der Waals surface area (Å²) in [6.45, 7) is 4.25. The van der Waals surface area contributed by atoms with Crippen molar-refractivity contribution in [1.29, 1.82) is 0 Å². The molecule has 1 aliphatic carbocycles. The smallest absolute Gasteiger partial charge is 0.0228 e. The molecule has 2 atom stereocenters. The normalized spacial score (nSPS) is 31.8. The van der Waals surface area contributed by atoms with Crippen molar-refractivity contribution in [2.24, 2.45) is 11.8 Å². The monoisotopic (exact) mass is 164 g/mol. The van der Waals surface area contributed by atoms with Crippen molar-refractivity contribution in [3.8, 4) is 0 Å². The van der Waals surface area contributed by atoms with Crippen LogP contribution in [0, 0.1) is 11.8 Å². The lowest BCUT2D eigenvalue weighted by molar-refractivity contribution is 0.352. The maximum atomic E-state index is 2.37. The van der Waals surface area contributed by atoms with Gasteiger partial charge < -0.3 is 0 Å². The van der Waals surface area contributed by atoms with Crippen LogP contribution in [-0.2, 0) is 0 Å². The fraction of sp³-hybridized carbons (Fsp3) is 0.667. The Kier molecular flexibility index (Phi) is 4.13. The molecule has 1 fully saturated rings. The van der Waals surface area contributed by atoms with E-state index in [4.69, 9.17) is 0 Å². The van der Waals surface area contributed by atoms with Crippen molar-refractivity contribution in [3.05, 3.63) is 24.3 Å². The van der Waals surface area contributed by atoms with Gasteiger partial charge in [0.25, 0.3) is 0 Å². The van der Waals surface area contributed by atoms with Gasteiger partial charge in [-0.3, -0.25) is 0 Å². The fourth-order valence-corrected chi connectivity index (χ4v) is 2.16. The first kappa shape index (κ1) is 9.57. The number of allylic oxidation sites excluding steroid dienone is 4. The van der Waals surface area contributed by atoms with E-state index in [0.29, 0.717) is 0 Å². The molecular weight excluding hydrogens is 144 g/mol. The van der Waals surface area contributed by atoms with E-state index in [2.05, 4.69) is 38.2 Å². The second-order valence-electron chi connectivity index (χ2n) is 3.74. The molecule has 0 aromatic heterocycles. The van der Waals surface area contributed by atoms with Gasteiger partial charge in [-0.15, -0.1) is 0 Å². The van der Waals surface area contributed by atoms with E-state index in [1.165, 1.54) is 25.7 Å². The Morgan fingerprint density at radius 1 is 0.917 bits per heavy atom. The van der Waals surface area contributed by atoms with Gasteiger partial charge >= 0.3 is 0 Å². The van der Waals surface area contributed by atoms with E-state index in [-0.39, 0.29) is 0 Å². The van der Waals surface area contributed by atoms with Gasteiger partial charge in [-0.05, 0) is 44.9 Å². The summed E-state index contributed by atoms with van der Waals surface area (Å²) in [5, 5.41) is 0. The molecule has 0 heteroatoms. The molecule has 1 rings (SSSR count).